The van der Waals surface area contributed by atoms with Crippen molar-refractivity contribution in [3.63, 3.8) is 0 Å². The molecule has 0 aliphatic rings. The van der Waals surface area contributed by atoms with Gasteiger partial charge in [0.25, 0.3) is 0 Å². The average molecular weight is 263 g/mol. The van der Waals surface area contributed by atoms with Crippen molar-refractivity contribution in [3.05, 3.63) is 29.8 Å². The number of hydrogen-bond donors (Lipinski definition) is 1. The Morgan fingerprint density at radius 1 is 1.31 bits per heavy atom. The summed E-state index contributed by atoms with van der Waals surface area (Å²) in [7, 11) is -0.548. The summed E-state index contributed by atoms with van der Waals surface area (Å²) in [5.74, 6) is 0. The highest BCUT2D eigenvalue weighted by atomic mass is 35.5. The number of benzene rings is 1. The smallest absolute Gasteiger partial charge is 0.271 e. The van der Waals surface area contributed by atoms with Gasteiger partial charge in [0, 0.05) is 14.1 Å². The monoisotopic (exact) mass is 262 g/mol. The Morgan fingerprint density at radius 2 is 1.88 bits per heavy atom. The average Bonchev–Trinajstić information content (AvgIpc) is 2.17. The molecular weight excluding hydrogens is 248 g/mol. The van der Waals surface area contributed by atoms with Crippen LogP contribution in [0.3, 0.4) is 0 Å². The van der Waals surface area contributed by atoms with Crippen LogP contribution in [0.1, 0.15) is 17.9 Å². The topological polar surface area (TPSA) is 49.4 Å². The van der Waals surface area contributed by atoms with Gasteiger partial charge in [0.1, 0.15) is 0 Å². The predicted octanol–water partition coefficient (Wildman–Crippen LogP) is 2.20. The van der Waals surface area contributed by atoms with Crippen LogP contribution < -0.4 is 4.72 Å². The molecule has 0 saturated heterocycles. The molecule has 1 aromatic carbocycles. The van der Waals surface area contributed by atoms with E-state index in [9.17, 15) is 8.42 Å². The first-order valence-corrected chi connectivity index (χ1v) is 6.65. The molecule has 0 bridgehead atoms. The minimum absolute atomic E-state index is 0.249. The molecule has 0 amide bonds. The lowest BCUT2D eigenvalue weighted by Gasteiger charge is -2.16. The lowest BCUT2D eigenvalue weighted by atomic mass is 10.1. The normalized spacial score (nSPS) is 13.8. The summed E-state index contributed by atoms with van der Waals surface area (Å²) < 4.78 is 26.9. The number of para-hydroxylation sites is 1. The van der Waals surface area contributed by atoms with Crippen molar-refractivity contribution in [2.24, 2.45) is 0 Å². The van der Waals surface area contributed by atoms with E-state index in [0.717, 1.165) is 9.87 Å². The Bertz CT molecular complexity index is 458. The molecule has 0 aliphatic carbocycles. The Hall–Kier alpha value is -0.780. The Labute approximate surface area is 101 Å². The first kappa shape index (κ1) is 13.3. The molecule has 90 valence electrons. The third-order valence-electron chi connectivity index (χ3n) is 2.11. The highest BCUT2D eigenvalue weighted by Crippen LogP contribution is 2.27. The van der Waals surface area contributed by atoms with Gasteiger partial charge in [-0.05, 0) is 18.6 Å². The maximum Gasteiger partial charge on any atom is 0.301 e. The summed E-state index contributed by atoms with van der Waals surface area (Å²) in [5.41, 5.74) is 1.27. The standard InChI is InChI=1S/C10H15ClN2O2S/c1-8(11)9-6-4-5-7-10(9)12-16(14,15)13(2)3/h4-8,12H,1-3H3. The Kier molecular flexibility index (Phi) is 4.18. The van der Waals surface area contributed by atoms with Gasteiger partial charge in [0.15, 0.2) is 0 Å². The van der Waals surface area contributed by atoms with Gasteiger partial charge < -0.3 is 0 Å². The van der Waals surface area contributed by atoms with E-state index < -0.39 is 10.2 Å². The molecular formula is C10H15ClN2O2S. The fourth-order valence-electron chi connectivity index (χ4n) is 1.17. The van der Waals surface area contributed by atoms with E-state index in [4.69, 9.17) is 11.6 Å². The van der Waals surface area contributed by atoms with E-state index in [0.29, 0.717) is 5.69 Å². The molecule has 16 heavy (non-hydrogen) atoms. The van der Waals surface area contributed by atoms with Crippen molar-refractivity contribution in [2.75, 3.05) is 18.8 Å². The van der Waals surface area contributed by atoms with Crippen molar-refractivity contribution < 1.29 is 8.42 Å². The molecule has 0 spiro atoms. The summed E-state index contributed by atoms with van der Waals surface area (Å²) in [6.07, 6.45) is 0. The second kappa shape index (κ2) is 5.03. The number of nitrogens with zero attached hydrogens (tertiary/aromatic N) is 1. The number of halogens is 1. The third kappa shape index (κ3) is 3.10. The molecule has 1 aromatic rings. The fraction of sp³-hybridized carbons (Fsp3) is 0.400. The van der Waals surface area contributed by atoms with Crippen LogP contribution in [0.5, 0.6) is 0 Å². The van der Waals surface area contributed by atoms with Crippen molar-refractivity contribution in [2.45, 2.75) is 12.3 Å². The van der Waals surface area contributed by atoms with Gasteiger partial charge in [0.05, 0.1) is 11.1 Å². The lowest BCUT2D eigenvalue weighted by molar-refractivity contribution is 0.526. The Balaban J connectivity index is 3.07. The molecule has 4 nitrogen and oxygen atoms in total. The molecule has 0 radical (unpaired) electrons. The highest BCUT2D eigenvalue weighted by molar-refractivity contribution is 7.90. The Morgan fingerprint density at radius 3 is 2.38 bits per heavy atom. The second-order valence-electron chi connectivity index (χ2n) is 3.59. The molecule has 0 aromatic heterocycles. The fourth-order valence-corrected chi connectivity index (χ4v) is 2.00. The van der Waals surface area contributed by atoms with Crippen LogP contribution in [0.4, 0.5) is 5.69 Å². The quantitative estimate of drug-likeness (QED) is 0.846. The van der Waals surface area contributed by atoms with Gasteiger partial charge in [-0.25, -0.2) is 0 Å². The summed E-state index contributed by atoms with van der Waals surface area (Å²) >= 11 is 5.97. The van der Waals surface area contributed by atoms with Crippen molar-refractivity contribution in [3.8, 4) is 0 Å². The molecule has 0 aliphatic heterocycles. The van der Waals surface area contributed by atoms with Crippen molar-refractivity contribution in [1.82, 2.24) is 4.31 Å². The van der Waals surface area contributed by atoms with Gasteiger partial charge in [-0.15, -0.1) is 11.6 Å². The van der Waals surface area contributed by atoms with Crippen LogP contribution in [-0.2, 0) is 10.2 Å². The number of alkyl halides is 1. The zero-order valence-electron chi connectivity index (χ0n) is 9.44. The van der Waals surface area contributed by atoms with Crippen LogP contribution in [0, 0.1) is 0 Å². The maximum absolute atomic E-state index is 11.6. The van der Waals surface area contributed by atoms with E-state index in [-0.39, 0.29) is 5.38 Å². The van der Waals surface area contributed by atoms with Crippen molar-refractivity contribution in [1.29, 1.82) is 0 Å². The first-order valence-electron chi connectivity index (χ1n) is 4.78. The highest BCUT2D eigenvalue weighted by Gasteiger charge is 2.16. The summed E-state index contributed by atoms with van der Waals surface area (Å²) in [5, 5.41) is -0.249. The van der Waals surface area contributed by atoms with E-state index in [1.807, 2.05) is 6.07 Å². The van der Waals surface area contributed by atoms with Crippen LogP contribution in [0.15, 0.2) is 24.3 Å². The minimum atomic E-state index is -3.48. The molecule has 0 fully saturated rings. The van der Waals surface area contributed by atoms with Crippen molar-refractivity contribution >= 4 is 27.5 Å². The molecule has 1 atom stereocenters. The SMILES string of the molecule is CC(Cl)c1ccccc1NS(=O)(=O)N(C)C. The molecule has 0 saturated carbocycles. The van der Waals surface area contributed by atoms with Gasteiger partial charge in [-0.2, -0.15) is 12.7 Å². The van der Waals surface area contributed by atoms with E-state index in [1.165, 1.54) is 14.1 Å². The minimum Gasteiger partial charge on any atom is -0.271 e. The summed E-state index contributed by atoms with van der Waals surface area (Å²) in [6.45, 7) is 1.80. The van der Waals surface area contributed by atoms with Crippen LogP contribution >= 0.6 is 11.6 Å². The first-order chi connectivity index (χ1) is 7.34. The second-order valence-corrected chi connectivity index (χ2v) is 6.13. The summed E-state index contributed by atoms with van der Waals surface area (Å²) in [6, 6.07) is 7.07. The molecule has 1 unspecified atom stereocenters. The zero-order valence-corrected chi connectivity index (χ0v) is 11.0. The van der Waals surface area contributed by atoms with Crippen LogP contribution in [-0.4, -0.2) is 26.8 Å². The molecule has 1 N–H and O–H groups in total. The third-order valence-corrected chi connectivity index (χ3v) is 3.78. The van der Waals surface area contributed by atoms with E-state index in [1.54, 1.807) is 25.1 Å². The van der Waals surface area contributed by atoms with Crippen LogP contribution in [0.25, 0.3) is 0 Å². The van der Waals surface area contributed by atoms with Gasteiger partial charge >= 0.3 is 10.2 Å². The van der Waals surface area contributed by atoms with E-state index in [2.05, 4.69) is 4.72 Å². The molecule has 1 rings (SSSR count). The number of nitrogens with one attached hydrogen (secondary N) is 1. The number of rotatable bonds is 4. The van der Waals surface area contributed by atoms with Crippen LogP contribution in [0.2, 0.25) is 0 Å². The lowest BCUT2D eigenvalue weighted by Crippen LogP contribution is -2.29. The molecule has 0 heterocycles. The van der Waals surface area contributed by atoms with E-state index >= 15 is 0 Å². The van der Waals surface area contributed by atoms with Gasteiger partial charge in [0.2, 0.25) is 0 Å². The summed E-state index contributed by atoms with van der Waals surface area (Å²) in [4.78, 5) is 0. The number of hydrogen-bond acceptors (Lipinski definition) is 2. The predicted molar refractivity (Wildman–Crippen MR) is 66.9 cm³/mol. The maximum atomic E-state index is 11.6. The van der Waals surface area contributed by atoms with Gasteiger partial charge in [-0.1, -0.05) is 18.2 Å². The zero-order chi connectivity index (χ0) is 12.3. The molecule has 6 heteroatoms. The largest absolute Gasteiger partial charge is 0.301 e. The van der Waals surface area contributed by atoms with Gasteiger partial charge in [-0.3, -0.25) is 4.72 Å². The number of anilines is 1.